The number of aryl methyl sites for hydroxylation is 2. The third-order valence-electron chi connectivity index (χ3n) is 9.42. The minimum atomic E-state index is -0.962. The molecule has 0 bridgehead atoms. The van der Waals surface area contributed by atoms with Gasteiger partial charge in [-0.25, -0.2) is 9.48 Å². The molecule has 11 nitrogen and oxygen atoms in total. The summed E-state index contributed by atoms with van der Waals surface area (Å²) in [5.74, 6) is 1.84. The molecule has 0 aliphatic heterocycles. The van der Waals surface area contributed by atoms with Crippen LogP contribution >= 0.6 is 0 Å². The van der Waals surface area contributed by atoms with Crippen LogP contribution in [0.25, 0.3) is 0 Å². The van der Waals surface area contributed by atoms with Gasteiger partial charge in [0, 0.05) is 12.6 Å². The largest absolute Gasteiger partial charge is 0.457 e. The van der Waals surface area contributed by atoms with Gasteiger partial charge in [-0.05, 0) is 107 Å². The number of hydrogen-bond acceptors (Lipinski definition) is 10. The lowest BCUT2D eigenvalue weighted by Crippen LogP contribution is -2.23. The Labute approximate surface area is 346 Å². The van der Waals surface area contributed by atoms with Gasteiger partial charge in [0.25, 0.3) is 0 Å². The number of hydrogen-bond donors (Lipinski definition) is 0. The average molecular weight is 797 g/mol. The monoisotopic (exact) mass is 796 g/mol. The van der Waals surface area contributed by atoms with Crippen molar-refractivity contribution in [2.75, 3.05) is 0 Å². The van der Waals surface area contributed by atoms with Crippen LogP contribution in [0.4, 0.5) is 0 Å². The molecule has 5 aromatic rings. The summed E-state index contributed by atoms with van der Waals surface area (Å²) in [7, 11) is 1.82. The standard InChI is InChI=1S/C24H27N3O4.C24H25NO3/c1-17-21(22(27(5)26-17)30-20-9-7-6-8-10-20)15-25-29-16-18-11-13-19(14-12-18)23(28)31-24(2,3)4;1-16(2)13-20-22(24(20,3)4)23(26)28-21(15-25)17-9-8-12-19(14-17)27-18-10-6-5-7-11-18/h6-15H,16H2,1-5H3;5-14,20-22H,1-4H3/b25-15+;. The predicted molar refractivity (Wildman–Crippen MR) is 226 cm³/mol. The summed E-state index contributed by atoms with van der Waals surface area (Å²) in [6.45, 7) is 15.8. The SMILES string of the molecule is CC(C)=CC1C(C(=O)OC(C#N)c2cccc(Oc3ccccc3)c2)C1(C)C.Cc1nn(C)c(Oc2ccccc2)c1/C=N/OCc1ccc(C(=O)OC(C)(C)C)cc1. The van der Waals surface area contributed by atoms with E-state index in [2.05, 4.69) is 36.2 Å². The van der Waals surface area contributed by atoms with E-state index in [1.807, 2.05) is 127 Å². The van der Waals surface area contributed by atoms with E-state index in [0.29, 0.717) is 34.3 Å². The van der Waals surface area contributed by atoms with Gasteiger partial charge in [0.05, 0.1) is 29.0 Å². The molecule has 0 spiro atoms. The molecule has 4 aromatic carbocycles. The number of esters is 2. The summed E-state index contributed by atoms with van der Waals surface area (Å²) in [6, 6.07) is 35.1. The van der Waals surface area contributed by atoms with Gasteiger partial charge in [-0.1, -0.05) is 91.3 Å². The molecular formula is C48H52N4O7. The number of para-hydroxylation sites is 2. The molecule has 1 aliphatic carbocycles. The lowest BCUT2D eigenvalue weighted by Gasteiger charge is -2.19. The summed E-state index contributed by atoms with van der Waals surface area (Å²) >= 11 is 0. The highest BCUT2D eigenvalue weighted by molar-refractivity contribution is 5.89. The van der Waals surface area contributed by atoms with Crippen molar-refractivity contribution in [3.63, 3.8) is 0 Å². The second-order valence-electron chi connectivity index (χ2n) is 16.1. The van der Waals surface area contributed by atoms with E-state index in [9.17, 15) is 14.9 Å². The maximum Gasteiger partial charge on any atom is 0.338 e. The van der Waals surface area contributed by atoms with E-state index >= 15 is 0 Å². The lowest BCUT2D eigenvalue weighted by atomic mass is 10.1. The van der Waals surface area contributed by atoms with Crippen molar-refractivity contribution >= 4 is 18.2 Å². The summed E-state index contributed by atoms with van der Waals surface area (Å²) in [5.41, 5.74) is 4.00. The van der Waals surface area contributed by atoms with E-state index in [4.69, 9.17) is 23.8 Å². The van der Waals surface area contributed by atoms with Crippen LogP contribution in [0.1, 0.15) is 87.3 Å². The molecule has 59 heavy (non-hydrogen) atoms. The van der Waals surface area contributed by atoms with Crippen LogP contribution in [-0.2, 0) is 32.8 Å². The fraction of sp³-hybridized carbons (Fsp3) is 0.312. The molecule has 3 unspecified atom stereocenters. The highest BCUT2D eigenvalue weighted by Gasteiger charge is 2.61. The Hall–Kier alpha value is -6.67. The van der Waals surface area contributed by atoms with Crippen molar-refractivity contribution in [1.82, 2.24) is 9.78 Å². The van der Waals surface area contributed by atoms with Gasteiger partial charge in [0.15, 0.2) is 0 Å². The van der Waals surface area contributed by atoms with Gasteiger partial charge in [-0.15, -0.1) is 0 Å². The number of allylic oxidation sites excluding steroid dienone is 2. The van der Waals surface area contributed by atoms with Crippen LogP contribution in [0.3, 0.4) is 0 Å². The summed E-state index contributed by atoms with van der Waals surface area (Å²) in [4.78, 5) is 30.2. The quantitative estimate of drug-likeness (QED) is 0.0494. The molecule has 0 radical (unpaired) electrons. The number of nitrogens with zero attached hydrogens (tertiary/aromatic N) is 4. The number of rotatable bonds is 13. The van der Waals surface area contributed by atoms with E-state index < -0.39 is 11.7 Å². The fourth-order valence-electron chi connectivity index (χ4n) is 6.32. The van der Waals surface area contributed by atoms with Crippen LogP contribution < -0.4 is 9.47 Å². The minimum absolute atomic E-state index is 0.146. The first-order valence-corrected chi connectivity index (χ1v) is 19.4. The molecular weight excluding hydrogens is 745 g/mol. The molecule has 0 N–H and O–H groups in total. The third kappa shape index (κ3) is 12.2. The lowest BCUT2D eigenvalue weighted by molar-refractivity contribution is -0.149. The van der Waals surface area contributed by atoms with E-state index in [0.717, 1.165) is 16.8 Å². The van der Waals surface area contributed by atoms with Gasteiger partial charge in [-0.3, -0.25) is 4.79 Å². The molecule has 6 rings (SSSR count). The summed E-state index contributed by atoms with van der Waals surface area (Å²) in [6.07, 6.45) is 2.74. The zero-order valence-corrected chi connectivity index (χ0v) is 35.1. The van der Waals surface area contributed by atoms with Gasteiger partial charge in [-0.2, -0.15) is 10.4 Å². The molecule has 11 heteroatoms. The first-order chi connectivity index (χ1) is 28.0. The van der Waals surface area contributed by atoms with Gasteiger partial charge < -0.3 is 23.8 Å². The summed E-state index contributed by atoms with van der Waals surface area (Å²) < 4.78 is 24.4. The number of nitriles is 1. The smallest absolute Gasteiger partial charge is 0.338 e. The Balaban J connectivity index is 0.000000225. The van der Waals surface area contributed by atoms with Crippen LogP contribution in [0, 0.1) is 35.5 Å². The van der Waals surface area contributed by atoms with E-state index in [1.54, 1.807) is 41.2 Å². The second kappa shape index (κ2) is 19.2. The Kier molecular flexibility index (Phi) is 14.1. The number of benzene rings is 4. The number of ether oxygens (including phenoxy) is 4. The molecule has 1 fully saturated rings. The van der Waals surface area contributed by atoms with E-state index in [1.165, 1.54) is 5.57 Å². The zero-order valence-electron chi connectivity index (χ0n) is 35.1. The molecule has 1 heterocycles. The molecule has 1 saturated carbocycles. The third-order valence-corrected chi connectivity index (χ3v) is 9.42. The number of carbonyl (C=O) groups is 2. The van der Waals surface area contributed by atoms with Gasteiger partial charge >= 0.3 is 11.9 Å². The Morgan fingerprint density at radius 2 is 1.51 bits per heavy atom. The normalized spacial score (nSPS) is 15.7. The molecule has 3 atom stereocenters. The first kappa shape index (κ1) is 43.5. The second-order valence-corrected chi connectivity index (χ2v) is 16.1. The Morgan fingerprint density at radius 1 is 0.898 bits per heavy atom. The van der Waals surface area contributed by atoms with E-state index in [-0.39, 0.29) is 35.8 Å². The van der Waals surface area contributed by atoms with Crippen molar-refractivity contribution in [3.8, 4) is 29.2 Å². The fourth-order valence-corrected chi connectivity index (χ4v) is 6.32. The van der Waals surface area contributed by atoms with Crippen LogP contribution in [0.2, 0.25) is 0 Å². The molecule has 1 aliphatic rings. The highest BCUT2D eigenvalue weighted by Crippen LogP contribution is 2.60. The molecule has 0 saturated heterocycles. The van der Waals surface area contributed by atoms with Crippen molar-refractivity contribution in [2.24, 2.45) is 29.5 Å². The van der Waals surface area contributed by atoms with Crippen LogP contribution in [-0.4, -0.2) is 33.5 Å². The molecule has 306 valence electrons. The minimum Gasteiger partial charge on any atom is -0.457 e. The first-order valence-electron chi connectivity index (χ1n) is 19.4. The van der Waals surface area contributed by atoms with Crippen LogP contribution in [0.15, 0.2) is 126 Å². The molecule has 0 amide bonds. The van der Waals surface area contributed by atoms with Crippen molar-refractivity contribution in [3.05, 3.63) is 149 Å². The van der Waals surface area contributed by atoms with Crippen molar-refractivity contribution in [1.29, 1.82) is 5.26 Å². The zero-order chi connectivity index (χ0) is 42.7. The number of aromatic nitrogens is 2. The average Bonchev–Trinajstić information content (AvgIpc) is 3.62. The highest BCUT2D eigenvalue weighted by atomic mass is 16.6. The topological polar surface area (TPSA) is 134 Å². The Bertz CT molecular complexity index is 2300. The molecule has 1 aromatic heterocycles. The summed E-state index contributed by atoms with van der Waals surface area (Å²) in [5, 5.41) is 18.0. The van der Waals surface area contributed by atoms with Gasteiger partial charge in [0.2, 0.25) is 12.0 Å². The van der Waals surface area contributed by atoms with Crippen LogP contribution in [0.5, 0.6) is 23.1 Å². The van der Waals surface area contributed by atoms with Crippen molar-refractivity contribution in [2.45, 2.75) is 73.7 Å². The Morgan fingerprint density at radius 3 is 2.10 bits per heavy atom. The number of oxime groups is 1. The number of carbonyl (C=O) groups excluding carboxylic acids is 2. The van der Waals surface area contributed by atoms with Gasteiger partial charge in [0.1, 0.15) is 35.5 Å². The maximum atomic E-state index is 12.7. The maximum absolute atomic E-state index is 12.7. The van der Waals surface area contributed by atoms with Crippen molar-refractivity contribution < 1.29 is 33.4 Å². The predicted octanol–water partition coefficient (Wildman–Crippen LogP) is 10.9.